The highest BCUT2D eigenvalue weighted by Crippen LogP contribution is 2.27. The summed E-state index contributed by atoms with van der Waals surface area (Å²) >= 11 is 11.8. The highest BCUT2D eigenvalue weighted by molar-refractivity contribution is 6.35. The molecule has 0 aliphatic carbocycles. The van der Waals surface area contributed by atoms with Crippen LogP contribution in [0.5, 0.6) is 5.75 Å². The number of nitrogens with zero attached hydrogens (tertiary/aromatic N) is 1. The number of anilines is 2. The average Bonchev–Trinajstić information content (AvgIpc) is 2.59. The third-order valence-corrected chi connectivity index (χ3v) is 4.06. The molecule has 0 saturated carbocycles. The van der Waals surface area contributed by atoms with Gasteiger partial charge < -0.3 is 20.3 Å². The van der Waals surface area contributed by atoms with Crippen molar-refractivity contribution in [1.82, 2.24) is 4.90 Å². The molecule has 1 amide bonds. The minimum atomic E-state index is -0.261. The van der Waals surface area contributed by atoms with Gasteiger partial charge in [-0.2, -0.15) is 0 Å². The molecule has 0 atom stereocenters. The third-order valence-electron chi connectivity index (χ3n) is 3.53. The highest BCUT2D eigenvalue weighted by atomic mass is 35.5. The SMILES string of the molecule is CN(C)CCCNc1ccc(NC(=O)COc2ccc(Cl)cc2Cl)cc1. The third kappa shape index (κ3) is 7.12. The minimum Gasteiger partial charge on any atom is -0.482 e. The monoisotopic (exact) mass is 395 g/mol. The molecular formula is C19H23Cl2N3O2. The molecule has 0 unspecified atom stereocenters. The van der Waals surface area contributed by atoms with E-state index in [1.54, 1.807) is 18.2 Å². The van der Waals surface area contributed by atoms with Crippen LogP contribution in [0.25, 0.3) is 0 Å². The van der Waals surface area contributed by atoms with Crippen molar-refractivity contribution in [3.8, 4) is 5.75 Å². The Balaban J connectivity index is 1.76. The fourth-order valence-electron chi connectivity index (χ4n) is 2.23. The molecule has 0 saturated heterocycles. The van der Waals surface area contributed by atoms with Gasteiger partial charge in [0.2, 0.25) is 0 Å². The Morgan fingerprint density at radius 3 is 2.42 bits per heavy atom. The van der Waals surface area contributed by atoms with Crippen molar-refractivity contribution in [2.24, 2.45) is 0 Å². The Morgan fingerprint density at radius 2 is 1.77 bits per heavy atom. The Hall–Kier alpha value is -1.95. The number of rotatable bonds is 9. The second-order valence-corrected chi connectivity index (χ2v) is 6.92. The van der Waals surface area contributed by atoms with E-state index >= 15 is 0 Å². The van der Waals surface area contributed by atoms with Crippen molar-refractivity contribution in [3.05, 3.63) is 52.5 Å². The van der Waals surface area contributed by atoms with Crippen LogP contribution >= 0.6 is 23.2 Å². The molecule has 0 heterocycles. The van der Waals surface area contributed by atoms with Gasteiger partial charge in [0.15, 0.2) is 6.61 Å². The summed E-state index contributed by atoms with van der Waals surface area (Å²) < 4.78 is 5.42. The Bertz CT molecular complexity index is 721. The number of halogens is 2. The van der Waals surface area contributed by atoms with E-state index in [4.69, 9.17) is 27.9 Å². The highest BCUT2D eigenvalue weighted by Gasteiger charge is 2.07. The van der Waals surface area contributed by atoms with E-state index in [0.717, 1.165) is 25.2 Å². The van der Waals surface area contributed by atoms with E-state index in [1.807, 2.05) is 24.3 Å². The predicted molar refractivity (Wildman–Crippen MR) is 109 cm³/mol. The summed E-state index contributed by atoms with van der Waals surface area (Å²) in [5.41, 5.74) is 1.73. The Labute approximate surface area is 164 Å². The number of ether oxygens (including phenoxy) is 1. The average molecular weight is 396 g/mol. The van der Waals surface area contributed by atoms with Gasteiger partial charge in [0, 0.05) is 22.9 Å². The summed E-state index contributed by atoms with van der Waals surface area (Å²) in [6, 6.07) is 12.4. The van der Waals surface area contributed by atoms with Crippen LogP contribution in [0.4, 0.5) is 11.4 Å². The number of amides is 1. The van der Waals surface area contributed by atoms with E-state index in [-0.39, 0.29) is 12.5 Å². The van der Waals surface area contributed by atoms with Gasteiger partial charge in [0.25, 0.3) is 5.91 Å². The number of benzene rings is 2. The zero-order valence-corrected chi connectivity index (χ0v) is 16.4. The lowest BCUT2D eigenvalue weighted by Crippen LogP contribution is -2.20. The molecule has 2 aromatic carbocycles. The summed E-state index contributed by atoms with van der Waals surface area (Å²) in [6.07, 6.45) is 1.07. The number of hydrogen-bond acceptors (Lipinski definition) is 4. The van der Waals surface area contributed by atoms with Crippen LogP contribution in [-0.2, 0) is 4.79 Å². The smallest absolute Gasteiger partial charge is 0.262 e. The first-order valence-corrected chi connectivity index (χ1v) is 9.06. The van der Waals surface area contributed by atoms with Crippen LogP contribution in [0, 0.1) is 0 Å². The van der Waals surface area contributed by atoms with Crippen molar-refractivity contribution in [2.75, 3.05) is 44.4 Å². The Kier molecular flexibility index (Phi) is 8.04. The predicted octanol–water partition coefficient (Wildman–Crippen LogP) is 4.37. The lowest BCUT2D eigenvalue weighted by molar-refractivity contribution is -0.118. The van der Waals surface area contributed by atoms with Crippen LogP contribution in [0.2, 0.25) is 10.0 Å². The summed E-state index contributed by atoms with van der Waals surface area (Å²) in [5, 5.41) is 7.02. The first-order chi connectivity index (χ1) is 12.4. The maximum atomic E-state index is 12.0. The van der Waals surface area contributed by atoms with Gasteiger partial charge in [0.05, 0.1) is 5.02 Å². The molecule has 26 heavy (non-hydrogen) atoms. The topological polar surface area (TPSA) is 53.6 Å². The number of nitrogens with one attached hydrogen (secondary N) is 2. The number of hydrogen-bond donors (Lipinski definition) is 2. The van der Waals surface area contributed by atoms with Gasteiger partial charge in [-0.3, -0.25) is 4.79 Å². The molecule has 2 rings (SSSR count). The molecule has 0 fully saturated rings. The van der Waals surface area contributed by atoms with Crippen molar-refractivity contribution in [3.63, 3.8) is 0 Å². The molecule has 2 aromatic rings. The fraction of sp³-hybridized carbons (Fsp3) is 0.316. The minimum absolute atomic E-state index is 0.133. The first-order valence-electron chi connectivity index (χ1n) is 8.30. The molecule has 0 bridgehead atoms. The molecule has 0 radical (unpaired) electrons. The largest absolute Gasteiger partial charge is 0.482 e. The maximum absolute atomic E-state index is 12.0. The standard InChI is InChI=1S/C19H23Cl2N3O2/c1-24(2)11-3-10-22-15-5-7-16(8-6-15)23-19(25)13-26-18-9-4-14(20)12-17(18)21/h4-9,12,22H,3,10-11,13H2,1-2H3,(H,23,25). The van der Waals surface area contributed by atoms with Crippen molar-refractivity contribution in [1.29, 1.82) is 0 Å². The summed E-state index contributed by atoms with van der Waals surface area (Å²) in [4.78, 5) is 14.2. The van der Waals surface area contributed by atoms with E-state index in [9.17, 15) is 4.79 Å². The van der Waals surface area contributed by atoms with Gasteiger partial charge in [-0.15, -0.1) is 0 Å². The van der Waals surface area contributed by atoms with E-state index in [0.29, 0.717) is 21.5 Å². The molecule has 0 spiro atoms. The van der Waals surface area contributed by atoms with E-state index in [2.05, 4.69) is 29.6 Å². The zero-order valence-electron chi connectivity index (χ0n) is 14.9. The lowest BCUT2D eigenvalue weighted by atomic mass is 10.2. The lowest BCUT2D eigenvalue weighted by Gasteiger charge is -2.11. The van der Waals surface area contributed by atoms with Crippen LogP contribution in [-0.4, -0.2) is 44.6 Å². The van der Waals surface area contributed by atoms with Crippen LogP contribution < -0.4 is 15.4 Å². The molecule has 140 valence electrons. The van der Waals surface area contributed by atoms with E-state index < -0.39 is 0 Å². The van der Waals surface area contributed by atoms with Crippen molar-refractivity contribution < 1.29 is 9.53 Å². The van der Waals surface area contributed by atoms with Crippen molar-refractivity contribution >= 4 is 40.5 Å². The molecule has 0 aromatic heterocycles. The van der Waals surface area contributed by atoms with Crippen LogP contribution in [0.3, 0.4) is 0 Å². The Morgan fingerprint density at radius 1 is 1.08 bits per heavy atom. The van der Waals surface area contributed by atoms with Gasteiger partial charge in [-0.1, -0.05) is 23.2 Å². The van der Waals surface area contributed by atoms with Crippen LogP contribution in [0.1, 0.15) is 6.42 Å². The second kappa shape index (κ2) is 10.3. The second-order valence-electron chi connectivity index (χ2n) is 6.07. The normalized spacial score (nSPS) is 10.7. The number of carbonyl (C=O) groups is 1. The molecule has 0 aliphatic heterocycles. The van der Waals surface area contributed by atoms with Gasteiger partial charge >= 0.3 is 0 Å². The fourth-order valence-corrected chi connectivity index (χ4v) is 2.70. The summed E-state index contributed by atoms with van der Waals surface area (Å²) in [7, 11) is 4.12. The van der Waals surface area contributed by atoms with E-state index in [1.165, 1.54) is 0 Å². The first kappa shape index (κ1) is 20.4. The van der Waals surface area contributed by atoms with Gasteiger partial charge in [-0.05, 0) is 69.5 Å². The van der Waals surface area contributed by atoms with Gasteiger partial charge in [0.1, 0.15) is 5.75 Å². The van der Waals surface area contributed by atoms with Crippen molar-refractivity contribution in [2.45, 2.75) is 6.42 Å². The zero-order chi connectivity index (χ0) is 18.9. The summed E-state index contributed by atoms with van der Waals surface area (Å²) in [6.45, 7) is 1.81. The summed E-state index contributed by atoms with van der Waals surface area (Å²) in [5.74, 6) is 0.159. The quantitative estimate of drug-likeness (QED) is 0.618. The molecule has 0 aliphatic rings. The maximum Gasteiger partial charge on any atom is 0.262 e. The van der Waals surface area contributed by atoms with Crippen LogP contribution in [0.15, 0.2) is 42.5 Å². The molecule has 5 nitrogen and oxygen atoms in total. The van der Waals surface area contributed by atoms with Gasteiger partial charge in [-0.25, -0.2) is 0 Å². The number of carbonyl (C=O) groups excluding carboxylic acids is 1. The molecule has 2 N–H and O–H groups in total. The molecular weight excluding hydrogens is 373 g/mol. The molecule has 7 heteroatoms.